The van der Waals surface area contributed by atoms with Gasteiger partial charge in [0.2, 0.25) is 5.91 Å². The smallest absolute Gasteiger partial charge is 0.220 e. The van der Waals surface area contributed by atoms with Gasteiger partial charge in [-0.15, -0.1) is 0 Å². The SMILES string of the molecule is CC/C(=C\CCC(=O)NCC(C)O)c1ccc(OCC2CCN(C)CC2)c(F)c1. The quantitative estimate of drug-likeness (QED) is 0.623. The molecule has 0 bridgehead atoms. The number of piperidine rings is 1. The van der Waals surface area contributed by atoms with Gasteiger partial charge in [-0.2, -0.15) is 0 Å². The van der Waals surface area contributed by atoms with E-state index < -0.39 is 6.10 Å². The molecule has 2 rings (SSSR count). The Kier molecular flexibility index (Phi) is 9.61. The first kappa shape index (κ1) is 23.4. The molecule has 1 unspecified atom stereocenters. The number of rotatable bonds is 10. The summed E-state index contributed by atoms with van der Waals surface area (Å²) in [5.41, 5.74) is 1.83. The molecule has 1 aliphatic heterocycles. The Hall–Kier alpha value is -1.92. The first-order valence-electron chi connectivity index (χ1n) is 10.6. The van der Waals surface area contributed by atoms with Crippen molar-refractivity contribution in [2.45, 2.75) is 52.1 Å². The van der Waals surface area contributed by atoms with Crippen LogP contribution in [0.5, 0.6) is 5.75 Å². The number of nitrogens with one attached hydrogen (secondary N) is 1. The van der Waals surface area contributed by atoms with Crippen molar-refractivity contribution in [1.29, 1.82) is 0 Å². The Morgan fingerprint density at radius 1 is 1.41 bits per heavy atom. The zero-order chi connectivity index (χ0) is 21.2. The predicted octanol–water partition coefficient (Wildman–Crippen LogP) is 3.62. The highest BCUT2D eigenvalue weighted by Crippen LogP contribution is 2.26. The van der Waals surface area contributed by atoms with Gasteiger partial charge >= 0.3 is 0 Å². The highest BCUT2D eigenvalue weighted by molar-refractivity contribution is 5.76. The lowest BCUT2D eigenvalue weighted by Crippen LogP contribution is -2.32. The molecule has 1 aromatic carbocycles. The molecule has 0 spiro atoms. The van der Waals surface area contributed by atoms with E-state index in [-0.39, 0.29) is 18.3 Å². The van der Waals surface area contributed by atoms with Gasteiger partial charge in [0.25, 0.3) is 0 Å². The molecule has 0 aromatic heterocycles. The molecular weight excluding hydrogens is 371 g/mol. The highest BCUT2D eigenvalue weighted by atomic mass is 19.1. The van der Waals surface area contributed by atoms with E-state index in [9.17, 15) is 14.3 Å². The summed E-state index contributed by atoms with van der Waals surface area (Å²) in [5, 5.41) is 11.9. The van der Waals surface area contributed by atoms with Gasteiger partial charge in [0.1, 0.15) is 0 Å². The van der Waals surface area contributed by atoms with E-state index in [1.54, 1.807) is 13.0 Å². The molecule has 1 saturated heterocycles. The van der Waals surface area contributed by atoms with E-state index in [1.165, 1.54) is 6.07 Å². The van der Waals surface area contributed by atoms with Gasteiger partial charge in [-0.05, 0) is 81.9 Å². The fourth-order valence-corrected chi connectivity index (χ4v) is 3.45. The Balaban J connectivity index is 1.88. The second kappa shape index (κ2) is 11.9. The minimum atomic E-state index is -0.552. The zero-order valence-corrected chi connectivity index (χ0v) is 17.9. The fraction of sp³-hybridized carbons (Fsp3) is 0.609. The summed E-state index contributed by atoms with van der Waals surface area (Å²) in [6, 6.07) is 5.11. The fourth-order valence-electron chi connectivity index (χ4n) is 3.45. The Labute approximate surface area is 173 Å². The van der Waals surface area contributed by atoms with Crippen molar-refractivity contribution in [1.82, 2.24) is 10.2 Å². The molecule has 1 aliphatic rings. The molecule has 1 heterocycles. The molecule has 0 saturated carbocycles. The van der Waals surface area contributed by atoms with Crippen LogP contribution in [-0.2, 0) is 4.79 Å². The number of carbonyl (C=O) groups is 1. The number of halogens is 1. The van der Waals surface area contributed by atoms with Gasteiger partial charge < -0.3 is 20.1 Å². The van der Waals surface area contributed by atoms with Crippen molar-refractivity contribution in [3.05, 3.63) is 35.7 Å². The van der Waals surface area contributed by atoms with E-state index >= 15 is 0 Å². The topological polar surface area (TPSA) is 61.8 Å². The van der Waals surface area contributed by atoms with Gasteiger partial charge in [-0.25, -0.2) is 4.39 Å². The monoisotopic (exact) mass is 406 g/mol. The van der Waals surface area contributed by atoms with Gasteiger partial charge in [-0.3, -0.25) is 4.79 Å². The van der Waals surface area contributed by atoms with Crippen LogP contribution in [0.2, 0.25) is 0 Å². The number of hydrogen-bond acceptors (Lipinski definition) is 4. The molecule has 1 amide bonds. The highest BCUT2D eigenvalue weighted by Gasteiger charge is 2.18. The number of likely N-dealkylation sites (tertiary alicyclic amines) is 1. The van der Waals surface area contributed by atoms with Crippen LogP contribution in [0.4, 0.5) is 4.39 Å². The first-order chi connectivity index (χ1) is 13.9. The van der Waals surface area contributed by atoms with E-state index in [1.807, 2.05) is 19.1 Å². The lowest BCUT2D eigenvalue weighted by molar-refractivity contribution is -0.121. The second-order valence-electron chi connectivity index (χ2n) is 7.98. The molecule has 1 atom stereocenters. The minimum Gasteiger partial charge on any atom is -0.490 e. The maximum Gasteiger partial charge on any atom is 0.220 e. The molecule has 1 fully saturated rings. The van der Waals surface area contributed by atoms with Crippen LogP contribution in [0.25, 0.3) is 5.57 Å². The Morgan fingerprint density at radius 3 is 2.76 bits per heavy atom. The molecule has 29 heavy (non-hydrogen) atoms. The standard InChI is InChI=1S/C23H35FN2O3/c1-4-19(6-5-7-23(28)25-15-17(2)27)20-8-9-22(21(24)14-20)29-16-18-10-12-26(3)13-11-18/h6,8-9,14,17-18,27H,4-5,7,10-13,15-16H2,1-3H3,(H,25,28)/b19-6+. The number of aliphatic hydroxyl groups is 1. The van der Waals surface area contributed by atoms with E-state index in [0.717, 1.165) is 43.5 Å². The van der Waals surface area contributed by atoms with Crippen molar-refractivity contribution < 1.29 is 19.0 Å². The maximum atomic E-state index is 14.5. The van der Waals surface area contributed by atoms with Crippen molar-refractivity contribution in [2.75, 3.05) is 33.3 Å². The lowest BCUT2D eigenvalue weighted by atomic mass is 9.98. The number of carbonyl (C=O) groups excluding carboxylic acids is 1. The van der Waals surface area contributed by atoms with Crippen molar-refractivity contribution in [2.24, 2.45) is 5.92 Å². The first-order valence-corrected chi connectivity index (χ1v) is 10.6. The average Bonchev–Trinajstić information content (AvgIpc) is 2.70. The largest absolute Gasteiger partial charge is 0.490 e. The van der Waals surface area contributed by atoms with Crippen LogP contribution >= 0.6 is 0 Å². The summed E-state index contributed by atoms with van der Waals surface area (Å²) in [6.07, 6.45) is 5.28. The summed E-state index contributed by atoms with van der Waals surface area (Å²) >= 11 is 0. The Bertz CT molecular complexity index is 683. The number of aliphatic hydroxyl groups excluding tert-OH is 1. The summed E-state index contributed by atoms with van der Waals surface area (Å²) < 4.78 is 20.3. The predicted molar refractivity (Wildman–Crippen MR) is 114 cm³/mol. The van der Waals surface area contributed by atoms with E-state index in [2.05, 4.69) is 17.3 Å². The van der Waals surface area contributed by atoms with Crippen molar-refractivity contribution >= 4 is 11.5 Å². The number of amides is 1. The number of allylic oxidation sites excluding steroid dienone is 2. The number of benzene rings is 1. The second-order valence-corrected chi connectivity index (χ2v) is 7.98. The molecule has 6 heteroatoms. The van der Waals surface area contributed by atoms with Crippen LogP contribution in [-0.4, -0.2) is 55.3 Å². The molecular formula is C23H35FN2O3. The van der Waals surface area contributed by atoms with E-state index in [4.69, 9.17) is 4.74 Å². The van der Waals surface area contributed by atoms with Crippen LogP contribution in [0.1, 0.15) is 51.5 Å². The molecule has 0 radical (unpaired) electrons. The number of ether oxygens (including phenoxy) is 1. The Morgan fingerprint density at radius 2 is 2.14 bits per heavy atom. The number of hydrogen-bond donors (Lipinski definition) is 2. The van der Waals surface area contributed by atoms with Crippen LogP contribution in [0.3, 0.4) is 0 Å². The van der Waals surface area contributed by atoms with Crippen LogP contribution < -0.4 is 10.1 Å². The van der Waals surface area contributed by atoms with Gasteiger partial charge in [0.05, 0.1) is 12.7 Å². The van der Waals surface area contributed by atoms with Crippen LogP contribution in [0, 0.1) is 11.7 Å². The van der Waals surface area contributed by atoms with Gasteiger partial charge in [0.15, 0.2) is 11.6 Å². The lowest BCUT2D eigenvalue weighted by Gasteiger charge is -2.28. The number of nitrogens with zero attached hydrogens (tertiary/aromatic N) is 1. The minimum absolute atomic E-state index is 0.0959. The van der Waals surface area contributed by atoms with Gasteiger partial charge in [0, 0.05) is 13.0 Å². The van der Waals surface area contributed by atoms with Crippen LogP contribution in [0.15, 0.2) is 24.3 Å². The molecule has 162 valence electrons. The van der Waals surface area contributed by atoms with Gasteiger partial charge in [-0.1, -0.05) is 19.1 Å². The normalized spacial score (nSPS) is 17.2. The summed E-state index contributed by atoms with van der Waals surface area (Å²) in [6.45, 7) is 6.59. The third kappa shape index (κ3) is 8.15. The van der Waals surface area contributed by atoms with E-state index in [0.29, 0.717) is 31.1 Å². The summed E-state index contributed by atoms with van der Waals surface area (Å²) in [4.78, 5) is 14.0. The summed E-state index contributed by atoms with van der Waals surface area (Å²) in [5.74, 6) is 0.350. The zero-order valence-electron chi connectivity index (χ0n) is 17.9. The molecule has 1 aromatic rings. The molecule has 5 nitrogen and oxygen atoms in total. The third-order valence-electron chi connectivity index (χ3n) is 5.35. The van der Waals surface area contributed by atoms with Crippen molar-refractivity contribution in [3.8, 4) is 5.75 Å². The van der Waals surface area contributed by atoms with Crippen molar-refractivity contribution in [3.63, 3.8) is 0 Å². The average molecular weight is 407 g/mol. The maximum absolute atomic E-state index is 14.5. The summed E-state index contributed by atoms with van der Waals surface area (Å²) in [7, 11) is 2.12. The third-order valence-corrected chi connectivity index (χ3v) is 5.35. The molecule has 0 aliphatic carbocycles. The molecule has 2 N–H and O–H groups in total.